The molecular formula is C5H13NO3S. The first-order chi connectivity index (χ1) is 4.62. The summed E-state index contributed by atoms with van der Waals surface area (Å²) in [6, 6.07) is 0. The first kappa shape index (κ1) is 9.87. The van der Waals surface area contributed by atoms with E-state index in [-0.39, 0.29) is 18.9 Å². The molecule has 0 heterocycles. The summed E-state index contributed by atoms with van der Waals surface area (Å²) >= 11 is 0. The molecule has 0 amide bonds. The van der Waals surface area contributed by atoms with Crippen LogP contribution in [-0.4, -0.2) is 32.4 Å². The molecule has 0 saturated heterocycles. The molecule has 10 heavy (non-hydrogen) atoms. The molecule has 0 rings (SSSR count). The van der Waals surface area contributed by atoms with Crippen LogP contribution in [0.25, 0.3) is 0 Å². The van der Waals surface area contributed by atoms with Crippen molar-refractivity contribution in [1.82, 2.24) is 4.72 Å². The van der Waals surface area contributed by atoms with E-state index in [1.165, 1.54) is 0 Å². The van der Waals surface area contributed by atoms with Gasteiger partial charge in [0.25, 0.3) is 0 Å². The normalized spacial score (nSPS) is 11.8. The van der Waals surface area contributed by atoms with Gasteiger partial charge in [0.15, 0.2) is 0 Å². The van der Waals surface area contributed by atoms with Crippen molar-refractivity contribution in [1.29, 1.82) is 0 Å². The number of nitrogens with one attached hydrogen (secondary N) is 1. The lowest BCUT2D eigenvalue weighted by atomic mass is 10.6. The minimum absolute atomic E-state index is 0.113. The van der Waals surface area contributed by atoms with Crippen molar-refractivity contribution in [2.45, 2.75) is 13.3 Å². The summed E-state index contributed by atoms with van der Waals surface area (Å²) in [6.07, 6.45) is 0.598. The largest absolute Gasteiger partial charge is 0.395 e. The van der Waals surface area contributed by atoms with E-state index < -0.39 is 10.0 Å². The Hall–Kier alpha value is -0.130. The van der Waals surface area contributed by atoms with E-state index in [9.17, 15) is 8.42 Å². The number of hydrogen-bond donors (Lipinski definition) is 2. The quantitative estimate of drug-likeness (QED) is 0.569. The summed E-state index contributed by atoms with van der Waals surface area (Å²) in [4.78, 5) is 0. The smallest absolute Gasteiger partial charge is 0.211 e. The van der Waals surface area contributed by atoms with Crippen molar-refractivity contribution in [3.63, 3.8) is 0 Å². The lowest BCUT2D eigenvalue weighted by Crippen LogP contribution is -2.28. The molecule has 2 N–H and O–H groups in total. The molecule has 62 valence electrons. The van der Waals surface area contributed by atoms with Crippen LogP contribution in [-0.2, 0) is 10.0 Å². The van der Waals surface area contributed by atoms with Gasteiger partial charge >= 0.3 is 0 Å². The van der Waals surface area contributed by atoms with Crippen LogP contribution in [0.5, 0.6) is 0 Å². The summed E-state index contributed by atoms with van der Waals surface area (Å²) in [6.45, 7) is 1.75. The van der Waals surface area contributed by atoms with Gasteiger partial charge in [0, 0.05) is 6.54 Å². The molecule has 0 fully saturated rings. The second kappa shape index (κ2) is 4.65. The van der Waals surface area contributed by atoms with Crippen LogP contribution in [0.15, 0.2) is 0 Å². The van der Waals surface area contributed by atoms with Crippen molar-refractivity contribution >= 4 is 10.0 Å². The molecule has 0 aromatic carbocycles. The van der Waals surface area contributed by atoms with Crippen molar-refractivity contribution in [3.8, 4) is 0 Å². The zero-order chi connectivity index (χ0) is 8.04. The number of hydrogen-bond acceptors (Lipinski definition) is 3. The van der Waals surface area contributed by atoms with E-state index >= 15 is 0 Å². The van der Waals surface area contributed by atoms with Gasteiger partial charge in [0.05, 0.1) is 12.4 Å². The minimum atomic E-state index is -3.10. The van der Waals surface area contributed by atoms with Gasteiger partial charge in [-0.05, 0) is 6.42 Å². The number of aliphatic hydroxyl groups is 1. The van der Waals surface area contributed by atoms with Crippen molar-refractivity contribution in [2.24, 2.45) is 0 Å². The Balaban J connectivity index is 3.65. The molecule has 0 saturated carbocycles. The SMILES string of the molecule is CCCS(=O)(=O)NCCO. The molecule has 0 aromatic heterocycles. The van der Waals surface area contributed by atoms with Crippen LogP contribution in [0.1, 0.15) is 13.3 Å². The molecule has 0 unspecified atom stereocenters. The average Bonchev–Trinajstić information content (AvgIpc) is 1.84. The minimum Gasteiger partial charge on any atom is -0.395 e. The standard InChI is InChI=1S/C5H13NO3S/c1-2-5-10(8,9)6-3-4-7/h6-7H,2-5H2,1H3. The summed E-state index contributed by atoms with van der Waals surface area (Å²) in [5, 5.41) is 8.27. The first-order valence-corrected chi connectivity index (χ1v) is 4.86. The molecule has 0 spiro atoms. The Morgan fingerprint density at radius 3 is 2.50 bits per heavy atom. The van der Waals surface area contributed by atoms with Crippen LogP contribution < -0.4 is 4.72 Å². The van der Waals surface area contributed by atoms with Gasteiger partial charge in [-0.2, -0.15) is 0 Å². The first-order valence-electron chi connectivity index (χ1n) is 3.20. The molecule has 0 aromatic rings. The van der Waals surface area contributed by atoms with Gasteiger partial charge in [-0.1, -0.05) is 6.92 Å². The van der Waals surface area contributed by atoms with E-state index in [1.807, 2.05) is 0 Å². The fourth-order valence-corrected chi connectivity index (χ4v) is 1.63. The summed E-state index contributed by atoms with van der Waals surface area (Å²) in [5.74, 6) is 0.132. The van der Waals surface area contributed by atoms with E-state index in [0.29, 0.717) is 6.42 Å². The summed E-state index contributed by atoms with van der Waals surface area (Å²) < 4.78 is 23.8. The number of rotatable bonds is 5. The highest BCUT2D eigenvalue weighted by Gasteiger charge is 2.05. The molecule has 5 heteroatoms. The molecule has 0 aliphatic rings. The zero-order valence-electron chi connectivity index (χ0n) is 6.00. The summed E-state index contributed by atoms with van der Waals surface area (Å²) in [5.41, 5.74) is 0. The van der Waals surface area contributed by atoms with E-state index in [0.717, 1.165) is 0 Å². The van der Waals surface area contributed by atoms with Gasteiger partial charge < -0.3 is 5.11 Å². The lowest BCUT2D eigenvalue weighted by Gasteiger charge is -2.01. The Kier molecular flexibility index (Phi) is 4.59. The predicted octanol–water partition coefficient (Wildman–Crippen LogP) is -0.692. The Bertz CT molecular complexity index is 164. The molecule has 0 radical (unpaired) electrons. The maximum absolute atomic E-state index is 10.8. The second-order valence-electron chi connectivity index (χ2n) is 1.94. The predicted molar refractivity (Wildman–Crippen MR) is 39.2 cm³/mol. The van der Waals surface area contributed by atoms with Crippen LogP contribution in [0.3, 0.4) is 0 Å². The topological polar surface area (TPSA) is 66.4 Å². The Labute approximate surface area is 61.3 Å². The summed E-state index contributed by atoms with van der Waals surface area (Å²) in [7, 11) is -3.10. The van der Waals surface area contributed by atoms with Crippen molar-refractivity contribution in [3.05, 3.63) is 0 Å². The third-order valence-electron chi connectivity index (χ3n) is 0.907. The number of aliphatic hydroxyl groups excluding tert-OH is 1. The maximum Gasteiger partial charge on any atom is 0.211 e. The monoisotopic (exact) mass is 167 g/mol. The Morgan fingerprint density at radius 1 is 1.50 bits per heavy atom. The Morgan fingerprint density at radius 2 is 2.10 bits per heavy atom. The van der Waals surface area contributed by atoms with Crippen LogP contribution in [0.2, 0.25) is 0 Å². The maximum atomic E-state index is 10.8. The van der Waals surface area contributed by atoms with Gasteiger partial charge in [0.1, 0.15) is 0 Å². The zero-order valence-corrected chi connectivity index (χ0v) is 6.82. The highest BCUT2D eigenvalue weighted by molar-refractivity contribution is 7.89. The average molecular weight is 167 g/mol. The fourth-order valence-electron chi connectivity index (χ4n) is 0.542. The van der Waals surface area contributed by atoms with Gasteiger partial charge in [-0.15, -0.1) is 0 Å². The molecule has 0 aliphatic heterocycles. The van der Waals surface area contributed by atoms with E-state index in [1.54, 1.807) is 6.92 Å². The van der Waals surface area contributed by atoms with Gasteiger partial charge in [0.2, 0.25) is 10.0 Å². The number of sulfonamides is 1. The van der Waals surface area contributed by atoms with Crippen LogP contribution in [0, 0.1) is 0 Å². The molecular weight excluding hydrogens is 154 g/mol. The van der Waals surface area contributed by atoms with Gasteiger partial charge in [-0.25, -0.2) is 13.1 Å². The van der Waals surface area contributed by atoms with Crippen molar-refractivity contribution < 1.29 is 13.5 Å². The molecule has 0 aliphatic carbocycles. The second-order valence-corrected chi connectivity index (χ2v) is 3.86. The van der Waals surface area contributed by atoms with E-state index in [4.69, 9.17) is 5.11 Å². The molecule has 0 atom stereocenters. The third kappa shape index (κ3) is 4.72. The molecule has 0 bridgehead atoms. The van der Waals surface area contributed by atoms with Crippen LogP contribution in [0.4, 0.5) is 0 Å². The van der Waals surface area contributed by atoms with Gasteiger partial charge in [-0.3, -0.25) is 0 Å². The highest BCUT2D eigenvalue weighted by atomic mass is 32.2. The van der Waals surface area contributed by atoms with E-state index in [2.05, 4.69) is 4.72 Å². The fraction of sp³-hybridized carbons (Fsp3) is 1.00. The highest BCUT2D eigenvalue weighted by Crippen LogP contribution is 1.86. The molecule has 4 nitrogen and oxygen atoms in total. The third-order valence-corrected chi connectivity index (χ3v) is 2.50. The van der Waals surface area contributed by atoms with Crippen molar-refractivity contribution in [2.75, 3.05) is 18.9 Å². The van der Waals surface area contributed by atoms with Crippen LogP contribution >= 0.6 is 0 Å². The lowest BCUT2D eigenvalue weighted by molar-refractivity contribution is 0.301.